The predicted molar refractivity (Wildman–Crippen MR) is 165 cm³/mol. The Morgan fingerprint density at radius 1 is 1.12 bits per heavy atom. The Hall–Kier alpha value is -3.16. The average molecular weight is 582 g/mol. The molecular weight excluding hydrogens is 545 g/mol. The third-order valence-corrected chi connectivity index (χ3v) is 9.25. The zero-order valence-electron chi connectivity index (χ0n) is 23.6. The number of rotatable bonds is 9. The fourth-order valence-electron chi connectivity index (χ4n) is 5.39. The maximum Gasteiger partial charge on any atom is 0.270 e. The van der Waals surface area contributed by atoms with Crippen molar-refractivity contribution in [1.29, 1.82) is 5.26 Å². The van der Waals surface area contributed by atoms with Crippen LogP contribution in [0.4, 0.5) is 15.9 Å². The maximum atomic E-state index is 13.5. The molecule has 0 N–H and O–H groups in total. The lowest BCUT2D eigenvalue weighted by atomic mass is 9.99. The van der Waals surface area contributed by atoms with Crippen molar-refractivity contribution in [3.05, 3.63) is 62.0 Å². The highest BCUT2D eigenvalue weighted by atomic mass is 32.2. The molecule has 0 bridgehead atoms. The van der Waals surface area contributed by atoms with Crippen LogP contribution >= 0.6 is 24.0 Å². The van der Waals surface area contributed by atoms with Crippen LogP contribution in [0.25, 0.3) is 6.08 Å². The molecule has 1 atom stereocenters. The van der Waals surface area contributed by atoms with Gasteiger partial charge in [0.25, 0.3) is 11.5 Å². The number of carbonyl (C=O) groups is 1. The lowest BCUT2D eigenvalue weighted by Gasteiger charge is -2.38. The number of anilines is 2. The van der Waals surface area contributed by atoms with Gasteiger partial charge in [-0.3, -0.25) is 19.1 Å². The molecule has 0 spiro atoms. The Morgan fingerprint density at radius 3 is 2.38 bits per heavy atom. The van der Waals surface area contributed by atoms with Crippen LogP contribution < -0.4 is 15.4 Å². The third-order valence-electron chi connectivity index (χ3n) is 7.87. The van der Waals surface area contributed by atoms with Gasteiger partial charge in [0.2, 0.25) is 0 Å². The zero-order valence-corrected chi connectivity index (χ0v) is 25.2. The number of amides is 1. The summed E-state index contributed by atoms with van der Waals surface area (Å²) < 4.78 is 15.5. The van der Waals surface area contributed by atoms with Crippen LogP contribution in [0.15, 0.2) is 34.0 Å². The number of halogens is 1. The Morgan fingerprint density at radius 2 is 1.77 bits per heavy atom. The first-order chi connectivity index (χ1) is 19.2. The summed E-state index contributed by atoms with van der Waals surface area (Å²) in [5, 5.41) is 9.79. The number of thiocarbonyl (C=S) groups is 1. The minimum absolute atomic E-state index is 0.0727. The van der Waals surface area contributed by atoms with Crippen molar-refractivity contribution in [3.8, 4) is 6.07 Å². The summed E-state index contributed by atoms with van der Waals surface area (Å²) in [6.07, 6.45) is 6.08. The van der Waals surface area contributed by atoms with Gasteiger partial charge in [-0.15, -0.1) is 0 Å². The molecule has 212 valence electrons. The second-order valence-electron chi connectivity index (χ2n) is 10.4. The first kappa shape index (κ1) is 29.8. The van der Waals surface area contributed by atoms with Gasteiger partial charge >= 0.3 is 0 Å². The van der Waals surface area contributed by atoms with Crippen LogP contribution in [-0.4, -0.2) is 52.4 Å². The molecule has 7 nitrogen and oxygen atoms in total. The van der Waals surface area contributed by atoms with E-state index in [1.165, 1.54) is 28.5 Å². The normalized spacial score (nSPS) is 17.6. The number of carbonyl (C=O) groups excluding carboxylic acids is 1. The molecular formula is C30H36FN5O2S2. The smallest absolute Gasteiger partial charge is 0.270 e. The van der Waals surface area contributed by atoms with Gasteiger partial charge in [-0.1, -0.05) is 57.1 Å². The minimum atomic E-state index is -0.359. The highest BCUT2D eigenvalue weighted by Crippen LogP contribution is 2.37. The summed E-state index contributed by atoms with van der Waals surface area (Å²) in [6, 6.07) is 8.51. The van der Waals surface area contributed by atoms with Crippen molar-refractivity contribution in [3.63, 3.8) is 0 Å². The molecule has 1 unspecified atom stereocenters. The van der Waals surface area contributed by atoms with E-state index in [1.54, 1.807) is 31.0 Å². The molecule has 0 aliphatic carbocycles. The van der Waals surface area contributed by atoms with E-state index < -0.39 is 0 Å². The van der Waals surface area contributed by atoms with E-state index in [1.807, 2.05) is 6.08 Å². The summed E-state index contributed by atoms with van der Waals surface area (Å²) in [6.45, 7) is 9.27. The highest BCUT2D eigenvalue weighted by molar-refractivity contribution is 8.26. The van der Waals surface area contributed by atoms with Crippen molar-refractivity contribution in [1.82, 2.24) is 9.47 Å². The van der Waals surface area contributed by atoms with E-state index in [4.69, 9.17) is 12.2 Å². The number of hydrogen-bond donors (Lipinski definition) is 0. The van der Waals surface area contributed by atoms with Gasteiger partial charge in [0.05, 0.1) is 4.91 Å². The number of unbranched alkanes of at least 4 members (excludes halogenated alkanes) is 1. The second kappa shape index (κ2) is 13.0. The van der Waals surface area contributed by atoms with Crippen molar-refractivity contribution < 1.29 is 9.18 Å². The van der Waals surface area contributed by atoms with E-state index in [-0.39, 0.29) is 22.8 Å². The molecule has 3 heterocycles. The SMILES string of the molecule is CCCCC(CC)CN1C(=O)/C(=C\c2c(C)c(C#N)c(=O)n(C)c2N2CCN(c3ccc(F)cc3)CC2)SC1=S. The van der Waals surface area contributed by atoms with Gasteiger partial charge in [-0.05, 0) is 55.2 Å². The molecule has 1 amide bonds. The minimum Gasteiger partial charge on any atom is -0.368 e. The van der Waals surface area contributed by atoms with Crippen molar-refractivity contribution in [2.45, 2.75) is 46.5 Å². The number of nitrogens with zero attached hydrogens (tertiary/aromatic N) is 5. The molecule has 0 saturated carbocycles. The number of hydrogen-bond acceptors (Lipinski definition) is 7. The Labute approximate surface area is 245 Å². The van der Waals surface area contributed by atoms with Gasteiger partial charge in [0.1, 0.15) is 27.6 Å². The van der Waals surface area contributed by atoms with Crippen LogP contribution in [-0.2, 0) is 11.8 Å². The number of pyridine rings is 1. The standard InChI is InChI=1S/C30H36FN5O2S2/c1-5-7-8-21(6-2)19-36-29(38)26(40-30(36)39)17-24-20(3)25(18-32)28(37)33(4)27(24)35-15-13-34(14-16-35)23-11-9-22(31)10-12-23/h9-12,17,21H,5-8,13-16,19H2,1-4H3/b26-17+. The summed E-state index contributed by atoms with van der Waals surface area (Å²) in [7, 11) is 1.67. The topological polar surface area (TPSA) is 72.6 Å². The molecule has 4 rings (SSSR count). The number of aromatic nitrogens is 1. The van der Waals surface area contributed by atoms with Crippen molar-refractivity contribution >= 4 is 51.8 Å². The molecule has 2 aliphatic rings. The fraction of sp³-hybridized carbons (Fsp3) is 0.467. The van der Waals surface area contributed by atoms with Gasteiger partial charge in [-0.25, -0.2) is 4.39 Å². The molecule has 40 heavy (non-hydrogen) atoms. The lowest BCUT2D eigenvalue weighted by Crippen LogP contribution is -2.48. The first-order valence-electron chi connectivity index (χ1n) is 13.8. The van der Waals surface area contributed by atoms with Crippen LogP contribution in [0.5, 0.6) is 0 Å². The molecule has 2 aliphatic heterocycles. The molecule has 2 fully saturated rings. The Kier molecular flexibility index (Phi) is 9.69. The molecule has 1 aromatic heterocycles. The van der Waals surface area contributed by atoms with Gasteiger partial charge in [0, 0.05) is 51.0 Å². The average Bonchev–Trinajstić information content (AvgIpc) is 3.22. The van der Waals surface area contributed by atoms with E-state index in [0.29, 0.717) is 64.8 Å². The zero-order chi connectivity index (χ0) is 29.0. The lowest BCUT2D eigenvalue weighted by molar-refractivity contribution is -0.122. The molecule has 2 aromatic rings. The van der Waals surface area contributed by atoms with Crippen LogP contribution in [0.1, 0.15) is 56.2 Å². The predicted octanol–water partition coefficient (Wildman–Crippen LogP) is 5.45. The second-order valence-corrected chi connectivity index (χ2v) is 12.0. The summed E-state index contributed by atoms with van der Waals surface area (Å²) in [4.78, 5) is 33.2. The highest BCUT2D eigenvalue weighted by Gasteiger charge is 2.34. The Bertz CT molecular complexity index is 1410. The molecule has 1 aromatic carbocycles. The maximum absolute atomic E-state index is 13.5. The summed E-state index contributed by atoms with van der Waals surface area (Å²) in [5.41, 5.74) is 1.90. The van der Waals surface area contributed by atoms with Gasteiger partial charge in [0.15, 0.2) is 0 Å². The fourth-order valence-corrected chi connectivity index (χ4v) is 6.64. The number of thioether (sulfide) groups is 1. The van der Waals surface area contributed by atoms with E-state index in [9.17, 15) is 19.2 Å². The number of benzene rings is 1. The number of piperazine rings is 1. The largest absolute Gasteiger partial charge is 0.368 e. The third kappa shape index (κ3) is 6.11. The van der Waals surface area contributed by atoms with E-state index in [2.05, 4.69) is 29.7 Å². The van der Waals surface area contributed by atoms with Crippen molar-refractivity contribution in [2.24, 2.45) is 13.0 Å². The van der Waals surface area contributed by atoms with Crippen LogP contribution in [0.3, 0.4) is 0 Å². The van der Waals surface area contributed by atoms with Gasteiger partial charge in [-0.2, -0.15) is 5.26 Å². The molecule has 2 saturated heterocycles. The number of nitriles is 1. The van der Waals surface area contributed by atoms with E-state index >= 15 is 0 Å². The summed E-state index contributed by atoms with van der Waals surface area (Å²) >= 11 is 6.90. The van der Waals surface area contributed by atoms with Crippen LogP contribution in [0, 0.1) is 30.0 Å². The van der Waals surface area contributed by atoms with E-state index in [0.717, 1.165) is 31.4 Å². The quantitative estimate of drug-likeness (QED) is 0.288. The monoisotopic (exact) mass is 581 g/mol. The summed E-state index contributed by atoms with van der Waals surface area (Å²) in [5.74, 6) is 0.676. The van der Waals surface area contributed by atoms with Gasteiger partial charge < -0.3 is 9.80 Å². The molecule has 0 radical (unpaired) electrons. The Balaban J connectivity index is 1.66. The molecule has 10 heteroatoms. The first-order valence-corrected chi connectivity index (χ1v) is 15.1. The van der Waals surface area contributed by atoms with Crippen LogP contribution in [0.2, 0.25) is 0 Å². The van der Waals surface area contributed by atoms with Crippen molar-refractivity contribution in [2.75, 3.05) is 42.5 Å².